The Hall–Kier alpha value is -1.36. The van der Waals surface area contributed by atoms with Crippen LogP contribution in [0.1, 0.15) is 40.0 Å². The second-order valence-corrected chi connectivity index (χ2v) is 9.98. The molecule has 32 heavy (non-hydrogen) atoms. The molecule has 186 valence electrons. The quantitative estimate of drug-likeness (QED) is 0.371. The maximum absolute atomic E-state index is 13.5. The minimum atomic E-state index is -0.826. The lowest BCUT2D eigenvalue weighted by Gasteiger charge is -2.36. The van der Waals surface area contributed by atoms with E-state index in [4.69, 9.17) is 15.2 Å². The van der Waals surface area contributed by atoms with Crippen molar-refractivity contribution in [1.29, 1.82) is 0 Å². The lowest BCUT2D eigenvalue weighted by molar-refractivity contribution is -0.147. The van der Waals surface area contributed by atoms with Crippen molar-refractivity contribution < 1.29 is 23.9 Å². The molecular weight excluding hydrogens is 432 g/mol. The second-order valence-electron chi connectivity index (χ2n) is 8.83. The van der Waals surface area contributed by atoms with E-state index in [0.29, 0.717) is 18.6 Å². The van der Waals surface area contributed by atoms with Crippen molar-refractivity contribution in [3.8, 4) is 0 Å². The van der Waals surface area contributed by atoms with Gasteiger partial charge >= 0.3 is 0 Å². The van der Waals surface area contributed by atoms with Crippen molar-refractivity contribution in [2.45, 2.75) is 57.7 Å². The van der Waals surface area contributed by atoms with Gasteiger partial charge in [-0.2, -0.15) is 11.8 Å². The first-order valence-corrected chi connectivity index (χ1v) is 12.4. The number of rotatable bonds is 14. The fraction of sp³-hybridized carbons (Fsp3) is 0.864. The SMILES string of the molecule is CCCC(=O)N(C)[C@H](CSCCN1CCOCC1)C(=O)N(C)[C@@H](CC(C)(C)OC)C(N)=O. The minimum Gasteiger partial charge on any atom is -0.379 e. The van der Waals surface area contributed by atoms with Gasteiger partial charge in [0, 0.05) is 65.2 Å². The van der Waals surface area contributed by atoms with Crippen LogP contribution in [0.3, 0.4) is 0 Å². The van der Waals surface area contributed by atoms with Crippen LogP contribution in [-0.4, -0.2) is 116 Å². The van der Waals surface area contributed by atoms with Crippen LogP contribution in [0, 0.1) is 0 Å². The highest BCUT2D eigenvalue weighted by atomic mass is 32.2. The number of thioether (sulfide) groups is 1. The number of carbonyl (C=O) groups excluding carboxylic acids is 3. The van der Waals surface area contributed by atoms with Crippen molar-refractivity contribution in [3.05, 3.63) is 0 Å². The Bertz CT molecular complexity index is 613. The molecule has 2 atom stereocenters. The lowest BCUT2D eigenvalue weighted by Crippen LogP contribution is -2.56. The smallest absolute Gasteiger partial charge is 0.246 e. The van der Waals surface area contributed by atoms with Crippen LogP contribution in [0.4, 0.5) is 0 Å². The Morgan fingerprint density at radius 1 is 1.16 bits per heavy atom. The highest BCUT2D eigenvalue weighted by Crippen LogP contribution is 2.21. The van der Waals surface area contributed by atoms with Gasteiger partial charge in [-0.1, -0.05) is 6.92 Å². The van der Waals surface area contributed by atoms with Crippen molar-refractivity contribution in [2.24, 2.45) is 5.73 Å². The molecule has 0 saturated carbocycles. The Morgan fingerprint density at radius 3 is 2.31 bits per heavy atom. The Kier molecular flexibility index (Phi) is 12.6. The van der Waals surface area contributed by atoms with E-state index in [1.165, 1.54) is 9.80 Å². The monoisotopic (exact) mass is 474 g/mol. The fourth-order valence-corrected chi connectivity index (χ4v) is 4.64. The summed E-state index contributed by atoms with van der Waals surface area (Å²) in [5.74, 6) is 0.345. The van der Waals surface area contributed by atoms with E-state index in [9.17, 15) is 14.4 Å². The molecule has 1 aliphatic heterocycles. The summed E-state index contributed by atoms with van der Waals surface area (Å²) in [6, 6.07) is -1.49. The number of nitrogens with zero attached hydrogens (tertiary/aromatic N) is 3. The Labute approximate surface area is 197 Å². The van der Waals surface area contributed by atoms with Gasteiger partial charge in [-0.15, -0.1) is 0 Å². The molecule has 0 radical (unpaired) electrons. The highest BCUT2D eigenvalue weighted by Gasteiger charge is 2.36. The molecule has 10 heteroatoms. The Balaban J connectivity index is 2.88. The highest BCUT2D eigenvalue weighted by molar-refractivity contribution is 7.99. The van der Waals surface area contributed by atoms with E-state index in [1.54, 1.807) is 33.0 Å². The molecule has 2 N–H and O–H groups in total. The standard InChI is InChI=1S/C22H42N4O5S/c1-7-8-19(27)24(4)18(16-32-14-11-26-9-12-31-13-10-26)21(29)25(5)17(20(23)28)15-22(2,3)30-6/h17-18H,7-16H2,1-6H3,(H2,23,28)/t17-,18+/m0/s1. The third kappa shape index (κ3) is 9.25. The summed E-state index contributed by atoms with van der Waals surface area (Å²) < 4.78 is 10.8. The predicted molar refractivity (Wildman–Crippen MR) is 128 cm³/mol. The lowest BCUT2D eigenvalue weighted by atomic mass is 9.97. The zero-order chi connectivity index (χ0) is 24.3. The fourth-order valence-electron chi connectivity index (χ4n) is 3.49. The van der Waals surface area contributed by atoms with Gasteiger partial charge < -0.3 is 25.0 Å². The normalized spacial score (nSPS) is 16.9. The molecule has 0 aromatic rings. The van der Waals surface area contributed by atoms with E-state index in [1.807, 2.05) is 20.8 Å². The van der Waals surface area contributed by atoms with Crippen LogP contribution < -0.4 is 5.73 Å². The third-order valence-electron chi connectivity index (χ3n) is 5.92. The second kappa shape index (κ2) is 14.0. The van der Waals surface area contributed by atoms with E-state index < -0.39 is 23.6 Å². The van der Waals surface area contributed by atoms with Crippen LogP contribution in [0.2, 0.25) is 0 Å². The molecule has 1 rings (SSSR count). The van der Waals surface area contributed by atoms with Crippen LogP contribution >= 0.6 is 11.8 Å². The number of morpholine rings is 1. The maximum Gasteiger partial charge on any atom is 0.246 e. The van der Waals surface area contributed by atoms with E-state index >= 15 is 0 Å². The number of ether oxygens (including phenoxy) is 2. The molecule has 1 saturated heterocycles. The number of primary amides is 1. The first kappa shape index (κ1) is 28.7. The molecule has 9 nitrogen and oxygen atoms in total. The van der Waals surface area contributed by atoms with E-state index in [-0.39, 0.29) is 18.2 Å². The largest absolute Gasteiger partial charge is 0.379 e. The summed E-state index contributed by atoms with van der Waals surface area (Å²) >= 11 is 1.64. The maximum atomic E-state index is 13.5. The van der Waals surface area contributed by atoms with Crippen molar-refractivity contribution in [1.82, 2.24) is 14.7 Å². The van der Waals surface area contributed by atoms with Gasteiger partial charge in [0.05, 0.1) is 18.8 Å². The summed E-state index contributed by atoms with van der Waals surface area (Å²) in [5, 5.41) is 0. The van der Waals surface area contributed by atoms with Gasteiger partial charge in [-0.05, 0) is 20.3 Å². The first-order valence-electron chi connectivity index (χ1n) is 11.3. The Morgan fingerprint density at radius 2 is 1.78 bits per heavy atom. The zero-order valence-electron chi connectivity index (χ0n) is 20.6. The van der Waals surface area contributed by atoms with E-state index in [2.05, 4.69) is 4.90 Å². The van der Waals surface area contributed by atoms with Crippen LogP contribution in [-0.2, 0) is 23.9 Å². The topological polar surface area (TPSA) is 105 Å². The summed E-state index contributed by atoms with van der Waals surface area (Å²) in [5.41, 5.74) is 5.01. The van der Waals surface area contributed by atoms with Crippen molar-refractivity contribution in [3.63, 3.8) is 0 Å². The average Bonchev–Trinajstić information content (AvgIpc) is 2.77. The molecule has 1 aliphatic rings. The summed E-state index contributed by atoms with van der Waals surface area (Å²) in [6.45, 7) is 9.85. The number of carbonyl (C=O) groups is 3. The number of likely N-dealkylation sites (N-methyl/N-ethyl adjacent to an activating group) is 2. The van der Waals surface area contributed by atoms with Gasteiger partial charge in [0.15, 0.2) is 0 Å². The number of hydrogen-bond donors (Lipinski definition) is 1. The number of nitrogens with two attached hydrogens (primary N) is 1. The van der Waals surface area contributed by atoms with Crippen LogP contribution in [0.25, 0.3) is 0 Å². The molecule has 0 aromatic heterocycles. The van der Waals surface area contributed by atoms with Crippen LogP contribution in [0.5, 0.6) is 0 Å². The number of hydrogen-bond acceptors (Lipinski definition) is 7. The molecule has 1 fully saturated rings. The van der Waals surface area contributed by atoms with Gasteiger partial charge in [0.2, 0.25) is 17.7 Å². The zero-order valence-corrected chi connectivity index (χ0v) is 21.4. The molecular formula is C22H42N4O5S. The molecule has 0 aromatic carbocycles. The summed E-state index contributed by atoms with van der Waals surface area (Å²) in [4.78, 5) is 43.4. The molecule has 0 spiro atoms. The van der Waals surface area contributed by atoms with Gasteiger partial charge in [-0.3, -0.25) is 19.3 Å². The minimum absolute atomic E-state index is 0.0825. The van der Waals surface area contributed by atoms with Gasteiger partial charge in [0.1, 0.15) is 12.1 Å². The number of amides is 3. The van der Waals surface area contributed by atoms with E-state index in [0.717, 1.165) is 38.6 Å². The van der Waals surface area contributed by atoms with Crippen molar-refractivity contribution in [2.75, 3.05) is 65.6 Å². The van der Waals surface area contributed by atoms with Gasteiger partial charge in [0.25, 0.3) is 0 Å². The predicted octanol–water partition coefficient (Wildman–Crippen LogP) is 0.806. The summed E-state index contributed by atoms with van der Waals surface area (Å²) in [6.07, 6.45) is 1.35. The van der Waals surface area contributed by atoms with Crippen LogP contribution in [0.15, 0.2) is 0 Å². The van der Waals surface area contributed by atoms with Gasteiger partial charge in [-0.25, -0.2) is 0 Å². The average molecular weight is 475 g/mol. The van der Waals surface area contributed by atoms with Crippen molar-refractivity contribution >= 4 is 29.5 Å². The third-order valence-corrected chi connectivity index (χ3v) is 6.94. The molecule has 1 heterocycles. The molecule has 0 bridgehead atoms. The molecule has 0 aliphatic carbocycles. The number of methoxy groups -OCH3 is 1. The first-order chi connectivity index (χ1) is 15.0. The summed E-state index contributed by atoms with van der Waals surface area (Å²) in [7, 11) is 4.80. The molecule has 0 unspecified atom stereocenters. The molecule has 3 amide bonds.